The summed E-state index contributed by atoms with van der Waals surface area (Å²) in [6.07, 6.45) is 0.633. The van der Waals surface area contributed by atoms with Gasteiger partial charge in [0.2, 0.25) is 29.5 Å². The van der Waals surface area contributed by atoms with E-state index >= 15 is 0 Å². The molecule has 15 heteroatoms. The van der Waals surface area contributed by atoms with Crippen molar-refractivity contribution in [1.29, 1.82) is 0 Å². The number of thioether (sulfide) groups is 1. The fourth-order valence-corrected chi connectivity index (χ4v) is 3.59. The van der Waals surface area contributed by atoms with Gasteiger partial charge >= 0.3 is 5.97 Å². The van der Waals surface area contributed by atoms with Crippen LogP contribution in [0, 0.1) is 0 Å². The molecule has 0 saturated carbocycles. The highest BCUT2D eigenvalue weighted by atomic mass is 32.2. The number of carbonyl (C=O) groups is 6. The average Bonchev–Trinajstić information content (AvgIpc) is 2.81. The molecule has 1 aromatic carbocycles. The van der Waals surface area contributed by atoms with Crippen LogP contribution in [-0.2, 0) is 35.2 Å². The van der Waals surface area contributed by atoms with Gasteiger partial charge in [-0.15, -0.1) is 0 Å². The van der Waals surface area contributed by atoms with Crippen LogP contribution in [0.1, 0.15) is 24.8 Å². The van der Waals surface area contributed by atoms with Gasteiger partial charge in [-0.3, -0.25) is 24.0 Å². The second-order valence-corrected chi connectivity index (χ2v) is 9.11. The molecule has 0 aromatic heterocycles. The van der Waals surface area contributed by atoms with Crippen molar-refractivity contribution in [3.63, 3.8) is 0 Å². The van der Waals surface area contributed by atoms with E-state index in [0.717, 1.165) is 0 Å². The van der Waals surface area contributed by atoms with E-state index in [2.05, 4.69) is 16.0 Å². The number of benzene rings is 1. The maximum absolute atomic E-state index is 12.9. The van der Waals surface area contributed by atoms with Gasteiger partial charge in [0.05, 0.1) is 18.9 Å². The third-order valence-corrected chi connectivity index (χ3v) is 5.67. The number of phenols is 1. The summed E-state index contributed by atoms with van der Waals surface area (Å²) in [5.41, 5.74) is 16.4. The predicted molar refractivity (Wildman–Crippen MR) is 134 cm³/mol. The lowest BCUT2D eigenvalue weighted by atomic mass is 10.0. The number of carboxylic acid groups (broad SMARTS) is 1. The first-order chi connectivity index (χ1) is 17.3. The Bertz CT molecular complexity index is 990. The minimum Gasteiger partial charge on any atom is -0.508 e. The summed E-state index contributed by atoms with van der Waals surface area (Å²) in [6, 6.07) is 0.194. The summed E-state index contributed by atoms with van der Waals surface area (Å²) in [4.78, 5) is 72.4. The molecule has 0 aliphatic carbocycles. The predicted octanol–water partition coefficient (Wildman–Crippen LogP) is -2.70. The lowest BCUT2D eigenvalue weighted by Crippen LogP contribution is -2.58. The fourth-order valence-electron chi connectivity index (χ4n) is 3.12. The highest BCUT2D eigenvalue weighted by molar-refractivity contribution is 7.98. The smallest absolute Gasteiger partial charge is 0.326 e. The van der Waals surface area contributed by atoms with Crippen LogP contribution in [0.3, 0.4) is 0 Å². The van der Waals surface area contributed by atoms with E-state index < -0.39 is 72.5 Å². The molecule has 4 atom stereocenters. The number of hydrogen-bond donors (Lipinski definition) is 8. The Labute approximate surface area is 217 Å². The number of carboxylic acids is 1. The number of hydrogen-bond acceptors (Lipinski definition) is 9. The monoisotopic (exact) mass is 540 g/mol. The van der Waals surface area contributed by atoms with Gasteiger partial charge in [0, 0.05) is 6.42 Å². The number of amides is 5. The first kappa shape index (κ1) is 31.2. The Morgan fingerprint density at radius 1 is 0.838 bits per heavy atom. The first-order valence-corrected chi connectivity index (χ1v) is 12.5. The van der Waals surface area contributed by atoms with Crippen molar-refractivity contribution in [2.24, 2.45) is 17.2 Å². The van der Waals surface area contributed by atoms with Gasteiger partial charge in [-0.1, -0.05) is 12.1 Å². The quantitative estimate of drug-likeness (QED) is 0.108. The Balaban J connectivity index is 3.01. The van der Waals surface area contributed by atoms with E-state index in [0.29, 0.717) is 11.3 Å². The zero-order valence-corrected chi connectivity index (χ0v) is 21.0. The van der Waals surface area contributed by atoms with E-state index in [-0.39, 0.29) is 18.6 Å². The van der Waals surface area contributed by atoms with Crippen LogP contribution in [0.15, 0.2) is 24.3 Å². The summed E-state index contributed by atoms with van der Waals surface area (Å²) in [5, 5.41) is 25.9. The van der Waals surface area contributed by atoms with Gasteiger partial charge in [0.1, 0.15) is 23.9 Å². The number of aliphatic carboxylic acids is 1. The molecule has 5 amide bonds. The highest BCUT2D eigenvalue weighted by Crippen LogP contribution is 2.12. The number of phenolic OH excluding ortho intramolecular Hbond substituents is 1. The maximum Gasteiger partial charge on any atom is 0.326 e. The number of primary amides is 2. The second-order valence-electron chi connectivity index (χ2n) is 8.12. The molecule has 0 aliphatic heterocycles. The van der Waals surface area contributed by atoms with Crippen LogP contribution in [0.4, 0.5) is 0 Å². The fraction of sp³-hybridized carbons (Fsp3) is 0.455. The summed E-state index contributed by atoms with van der Waals surface area (Å²) < 4.78 is 0. The zero-order valence-electron chi connectivity index (χ0n) is 20.1. The molecule has 0 saturated heterocycles. The molecule has 1 rings (SSSR count). The third kappa shape index (κ3) is 11.6. The summed E-state index contributed by atoms with van der Waals surface area (Å²) in [6.45, 7) is 0. The SMILES string of the molecule is CSCCC(NC(=O)C(N)CC(N)=O)C(=O)NC(CC(N)=O)C(=O)NC(Cc1ccc(O)cc1)C(=O)O. The standard InChI is InChI=1S/C22H32N6O8S/c1-37-7-6-14(26-19(32)13(23)9-17(24)30)20(33)27-15(10-18(25)31)21(34)28-16(22(35)36)8-11-2-4-12(29)5-3-11/h2-5,13-16,29H,6-10,23H2,1H3,(H2,24,30)(H2,25,31)(H,26,32)(H,27,33)(H,28,34)(H,35,36). The molecular weight excluding hydrogens is 508 g/mol. The molecule has 0 aliphatic rings. The summed E-state index contributed by atoms with van der Waals surface area (Å²) in [5.74, 6) is -5.40. The van der Waals surface area contributed by atoms with Gasteiger partial charge in [-0.05, 0) is 36.1 Å². The van der Waals surface area contributed by atoms with E-state index in [4.69, 9.17) is 17.2 Å². The number of nitrogens with one attached hydrogen (secondary N) is 3. The molecule has 11 N–H and O–H groups in total. The number of aromatic hydroxyl groups is 1. The largest absolute Gasteiger partial charge is 0.508 e. The summed E-state index contributed by atoms with van der Waals surface area (Å²) >= 11 is 1.37. The molecule has 4 unspecified atom stereocenters. The lowest BCUT2D eigenvalue weighted by molar-refractivity contribution is -0.142. The van der Waals surface area contributed by atoms with Gasteiger partial charge in [0.25, 0.3) is 0 Å². The van der Waals surface area contributed by atoms with Crippen LogP contribution in [0.25, 0.3) is 0 Å². The molecule has 1 aromatic rings. The zero-order chi connectivity index (χ0) is 28.1. The van der Waals surface area contributed by atoms with E-state index in [1.165, 1.54) is 36.0 Å². The number of nitrogens with two attached hydrogens (primary N) is 3. The van der Waals surface area contributed by atoms with Crippen molar-refractivity contribution in [1.82, 2.24) is 16.0 Å². The molecular formula is C22H32N6O8S. The van der Waals surface area contributed by atoms with Crippen LogP contribution < -0.4 is 33.2 Å². The molecule has 37 heavy (non-hydrogen) atoms. The van der Waals surface area contributed by atoms with E-state index in [9.17, 15) is 39.0 Å². The molecule has 0 spiro atoms. The topological polar surface area (TPSA) is 257 Å². The Morgan fingerprint density at radius 3 is 1.86 bits per heavy atom. The minimum absolute atomic E-state index is 0.0254. The van der Waals surface area contributed by atoms with Gasteiger partial charge < -0.3 is 43.4 Å². The molecule has 0 fully saturated rings. The number of carbonyl (C=O) groups excluding carboxylic acids is 5. The van der Waals surface area contributed by atoms with E-state index in [1.807, 2.05) is 0 Å². The highest BCUT2D eigenvalue weighted by Gasteiger charge is 2.31. The molecule has 0 radical (unpaired) electrons. The first-order valence-electron chi connectivity index (χ1n) is 11.1. The van der Waals surface area contributed by atoms with Crippen molar-refractivity contribution in [3.05, 3.63) is 29.8 Å². The van der Waals surface area contributed by atoms with Crippen molar-refractivity contribution in [2.45, 2.75) is 49.9 Å². The third-order valence-electron chi connectivity index (χ3n) is 5.03. The molecule has 204 valence electrons. The number of rotatable bonds is 16. The van der Waals surface area contributed by atoms with Gasteiger partial charge in [-0.25, -0.2) is 4.79 Å². The van der Waals surface area contributed by atoms with Crippen molar-refractivity contribution < 1.29 is 39.0 Å². The normalized spacial score (nSPS) is 13.9. The van der Waals surface area contributed by atoms with Crippen molar-refractivity contribution >= 4 is 47.3 Å². The Hall–Kier alpha value is -3.85. The lowest BCUT2D eigenvalue weighted by Gasteiger charge is -2.24. The van der Waals surface area contributed by atoms with Crippen molar-refractivity contribution in [2.75, 3.05) is 12.0 Å². The molecule has 0 heterocycles. The van der Waals surface area contributed by atoms with Crippen molar-refractivity contribution in [3.8, 4) is 5.75 Å². The molecule has 0 bridgehead atoms. The van der Waals surface area contributed by atoms with Crippen LogP contribution in [0.2, 0.25) is 0 Å². The van der Waals surface area contributed by atoms with Crippen LogP contribution in [0.5, 0.6) is 5.75 Å². The van der Waals surface area contributed by atoms with Crippen LogP contribution in [-0.4, -0.2) is 81.9 Å². The van der Waals surface area contributed by atoms with Crippen LogP contribution >= 0.6 is 11.8 Å². The Morgan fingerprint density at radius 2 is 1.35 bits per heavy atom. The molecule has 14 nitrogen and oxygen atoms in total. The minimum atomic E-state index is -1.54. The summed E-state index contributed by atoms with van der Waals surface area (Å²) in [7, 11) is 0. The second kappa shape index (κ2) is 15.3. The Kier molecular flexibility index (Phi) is 12.9. The maximum atomic E-state index is 12.9. The average molecular weight is 541 g/mol. The van der Waals surface area contributed by atoms with Gasteiger partial charge in [-0.2, -0.15) is 11.8 Å². The van der Waals surface area contributed by atoms with Gasteiger partial charge in [0.15, 0.2) is 0 Å². The van der Waals surface area contributed by atoms with E-state index in [1.54, 1.807) is 6.26 Å².